The Kier molecular flexibility index (Phi) is 2.71. The van der Waals surface area contributed by atoms with Crippen molar-refractivity contribution in [3.8, 4) is 0 Å². The molecule has 1 rings (SSSR count). The van der Waals surface area contributed by atoms with Crippen LogP contribution in [0.3, 0.4) is 0 Å². The van der Waals surface area contributed by atoms with Gasteiger partial charge in [0.15, 0.2) is 0 Å². The summed E-state index contributed by atoms with van der Waals surface area (Å²) in [4.78, 5) is 10.9. The van der Waals surface area contributed by atoms with E-state index in [4.69, 9.17) is 5.73 Å². The first-order valence-corrected chi connectivity index (χ1v) is 4.35. The van der Waals surface area contributed by atoms with E-state index in [0.717, 1.165) is 22.4 Å². The number of carbonyl (C=O) groups excluding carboxylic acids is 1. The van der Waals surface area contributed by atoms with E-state index < -0.39 is 0 Å². The number of ketones is 1. The number of hydrogen-bond donors (Lipinski definition) is 1. The Bertz CT molecular complexity index is 319. The zero-order chi connectivity index (χ0) is 10.0. The molecule has 0 aromatic heterocycles. The number of aryl methyl sites for hydroxylation is 1. The first-order chi connectivity index (χ1) is 6.00. The molecule has 0 amide bonds. The second-order valence-electron chi connectivity index (χ2n) is 3.51. The molecule has 0 fully saturated rings. The van der Waals surface area contributed by atoms with Crippen molar-refractivity contribution < 1.29 is 4.79 Å². The third-order valence-corrected chi connectivity index (χ3v) is 2.22. The number of anilines is 1. The molecular weight excluding hydrogens is 162 g/mol. The number of nitrogen functional groups attached to an aromatic ring is 1. The summed E-state index contributed by atoms with van der Waals surface area (Å²) in [6.07, 6.45) is 0.478. The van der Waals surface area contributed by atoms with Crippen LogP contribution in [0.15, 0.2) is 12.1 Å². The van der Waals surface area contributed by atoms with Crippen molar-refractivity contribution in [2.24, 2.45) is 0 Å². The molecule has 0 aliphatic carbocycles. The first-order valence-electron chi connectivity index (χ1n) is 4.35. The number of rotatable bonds is 2. The topological polar surface area (TPSA) is 43.1 Å². The van der Waals surface area contributed by atoms with Crippen LogP contribution in [0.4, 0.5) is 5.69 Å². The Balaban J connectivity index is 3.06. The number of Topliss-reactive ketones (excluding diaryl/α,β-unsaturated/α-hetero) is 1. The molecule has 0 bridgehead atoms. The van der Waals surface area contributed by atoms with Crippen LogP contribution in [-0.4, -0.2) is 5.78 Å². The predicted molar refractivity (Wildman–Crippen MR) is 54.7 cm³/mol. The van der Waals surface area contributed by atoms with Gasteiger partial charge in [-0.1, -0.05) is 6.07 Å². The zero-order valence-electron chi connectivity index (χ0n) is 8.35. The Labute approximate surface area is 78.8 Å². The third kappa shape index (κ3) is 2.31. The highest BCUT2D eigenvalue weighted by molar-refractivity contribution is 5.78. The van der Waals surface area contributed by atoms with E-state index in [2.05, 4.69) is 0 Å². The zero-order valence-corrected chi connectivity index (χ0v) is 8.35. The summed E-state index contributed by atoms with van der Waals surface area (Å²) in [7, 11) is 0. The Morgan fingerprint density at radius 2 is 2.00 bits per heavy atom. The van der Waals surface area contributed by atoms with E-state index in [0.29, 0.717) is 6.42 Å². The first kappa shape index (κ1) is 9.78. The normalized spacial score (nSPS) is 10.1. The standard InChI is InChI=1S/C11H15NO/c1-7-4-10(5-8(2)13)6-11(12)9(7)3/h4,6H,5,12H2,1-3H3. The highest BCUT2D eigenvalue weighted by atomic mass is 16.1. The molecule has 0 atom stereocenters. The monoisotopic (exact) mass is 177 g/mol. The Hall–Kier alpha value is -1.31. The molecular formula is C11H15NO. The molecule has 0 radical (unpaired) electrons. The van der Waals surface area contributed by atoms with Gasteiger partial charge in [0.05, 0.1) is 0 Å². The van der Waals surface area contributed by atoms with Gasteiger partial charge in [-0.3, -0.25) is 4.79 Å². The van der Waals surface area contributed by atoms with Crippen LogP contribution < -0.4 is 5.73 Å². The molecule has 2 nitrogen and oxygen atoms in total. The minimum Gasteiger partial charge on any atom is -0.398 e. The number of nitrogens with two attached hydrogens (primary N) is 1. The lowest BCUT2D eigenvalue weighted by Crippen LogP contribution is -2.00. The highest BCUT2D eigenvalue weighted by Crippen LogP contribution is 2.18. The smallest absolute Gasteiger partial charge is 0.134 e. The van der Waals surface area contributed by atoms with Crippen LogP contribution in [0.1, 0.15) is 23.6 Å². The van der Waals surface area contributed by atoms with E-state index in [1.54, 1.807) is 6.92 Å². The number of benzene rings is 1. The van der Waals surface area contributed by atoms with Gasteiger partial charge in [-0.05, 0) is 43.5 Å². The minimum atomic E-state index is 0.169. The summed E-state index contributed by atoms with van der Waals surface area (Å²) in [5.41, 5.74) is 9.82. The van der Waals surface area contributed by atoms with Gasteiger partial charge in [0.25, 0.3) is 0 Å². The summed E-state index contributed by atoms with van der Waals surface area (Å²) in [6, 6.07) is 3.90. The van der Waals surface area contributed by atoms with E-state index in [9.17, 15) is 4.79 Å². The second-order valence-corrected chi connectivity index (χ2v) is 3.51. The van der Waals surface area contributed by atoms with Crippen molar-refractivity contribution >= 4 is 11.5 Å². The van der Waals surface area contributed by atoms with E-state index in [-0.39, 0.29) is 5.78 Å². The van der Waals surface area contributed by atoms with Crippen LogP contribution in [-0.2, 0) is 11.2 Å². The molecule has 70 valence electrons. The maximum absolute atomic E-state index is 10.9. The third-order valence-electron chi connectivity index (χ3n) is 2.22. The van der Waals surface area contributed by atoms with Gasteiger partial charge in [0.1, 0.15) is 5.78 Å². The molecule has 1 aromatic carbocycles. The summed E-state index contributed by atoms with van der Waals surface area (Å²) in [6.45, 7) is 5.59. The van der Waals surface area contributed by atoms with Crippen molar-refractivity contribution in [2.45, 2.75) is 27.2 Å². The highest BCUT2D eigenvalue weighted by Gasteiger charge is 2.03. The van der Waals surface area contributed by atoms with E-state index in [1.807, 2.05) is 26.0 Å². The van der Waals surface area contributed by atoms with Crippen LogP contribution in [0, 0.1) is 13.8 Å². The lowest BCUT2D eigenvalue weighted by atomic mass is 10.0. The van der Waals surface area contributed by atoms with Crippen molar-refractivity contribution in [1.29, 1.82) is 0 Å². The fourth-order valence-corrected chi connectivity index (χ4v) is 1.35. The van der Waals surface area contributed by atoms with Crippen molar-refractivity contribution in [1.82, 2.24) is 0 Å². The van der Waals surface area contributed by atoms with E-state index in [1.165, 1.54) is 0 Å². The summed E-state index contributed by atoms with van der Waals surface area (Å²) >= 11 is 0. The fraction of sp³-hybridized carbons (Fsp3) is 0.364. The minimum absolute atomic E-state index is 0.169. The maximum Gasteiger partial charge on any atom is 0.134 e. The summed E-state index contributed by atoms with van der Waals surface area (Å²) in [5, 5.41) is 0. The molecule has 0 spiro atoms. The van der Waals surface area contributed by atoms with Crippen molar-refractivity contribution in [2.75, 3.05) is 5.73 Å². The molecule has 0 heterocycles. The molecule has 0 aliphatic heterocycles. The van der Waals surface area contributed by atoms with Crippen molar-refractivity contribution in [3.05, 3.63) is 28.8 Å². The van der Waals surface area contributed by atoms with Crippen LogP contribution in [0.5, 0.6) is 0 Å². The molecule has 13 heavy (non-hydrogen) atoms. The predicted octanol–water partition coefficient (Wildman–Crippen LogP) is 2.02. The van der Waals surface area contributed by atoms with Gasteiger partial charge in [-0.2, -0.15) is 0 Å². The van der Waals surface area contributed by atoms with Crippen LogP contribution in [0.25, 0.3) is 0 Å². The van der Waals surface area contributed by atoms with Crippen LogP contribution in [0.2, 0.25) is 0 Å². The maximum atomic E-state index is 10.9. The van der Waals surface area contributed by atoms with Gasteiger partial charge in [0.2, 0.25) is 0 Å². The SMILES string of the molecule is CC(=O)Cc1cc(C)c(C)c(N)c1. The molecule has 1 aromatic rings. The Morgan fingerprint density at radius 1 is 1.38 bits per heavy atom. The molecule has 0 saturated heterocycles. The molecule has 0 saturated carbocycles. The average Bonchev–Trinajstić information content (AvgIpc) is 1.98. The number of hydrogen-bond acceptors (Lipinski definition) is 2. The average molecular weight is 177 g/mol. The second kappa shape index (κ2) is 3.60. The largest absolute Gasteiger partial charge is 0.398 e. The van der Waals surface area contributed by atoms with Gasteiger partial charge < -0.3 is 5.73 Å². The number of carbonyl (C=O) groups is 1. The summed E-state index contributed by atoms with van der Waals surface area (Å²) in [5.74, 6) is 0.169. The fourth-order valence-electron chi connectivity index (χ4n) is 1.35. The van der Waals surface area contributed by atoms with Gasteiger partial charge in [-0.25, -0.2) is 0 Å². The molecule has 2 N–H and O–H groups in total. The van der Waals surface area contributed by atoms with Crippen molar-refractivity contribution in [3.63, 3.8) is 0 Å². The molecule has 2 heteroatoms. The van der Waals surface area contributed by atoms with Gasteiger partial charge >= 0.3 is 0 Å². The lowest BCUT2D eigenvalue weighted by Gasteiger charge is -2.07. The Morgan fingerprint density at radius 3 is 2.46 bits per heavy atom. The quantitative estimate of drug-likeness (QED) is 0.702. The van der Waals surface area contributed by atoms with Gasteiger partial charge in [0, 0.05) is 12.1 Å². The lowest BCUT2D eigenvalue weighted by molar-refractivity contribution is -0.116. The molecule has 0 unspecified atom stereocenters. The molecule has 0 aliphatic rings. The van der Waals surface area contributed by atoms with Crippen LogP contribution >= 0.6 is 0 Å². The van der Waals surface area contributed by atoms with Gasteiger partial charge in [-0.15, -0.1) is 0 Å². The summed E-state index contributed by atoms with van der Waals surface area (Å²) < 4.78 is 0. The van der Waals surface area contributed by atoms with E-state index >= 15 is 0 Å².